The van der Waals surface area contributed by atoms with Gasteiger partial charge in [0.05, 0.1) is 20.8 Å². The van der Waals surface area contributed by atoms with E-state index in [-0.39, 0.29) is 18.4 Å². The molecule has 0 aliphatic carbocycles. The van der Waals surface area contributed by atoms with Gasteiger partial charge in [-0.2, -0.15) is 0 Å². The van der Waals surface area contributed by atoms with Crippen LogP contribution in [0.2, 0.25) is 0 Å². The molecule has 1 aliphatic rings. The quantitative estimate of drug-likeness (QED) is 0.0796. The average molecular weight is 638 g/mol. The maximum Gasteiger partial charge on any atom is 0.219 e. The molecule has 8 heteroatoms. The van der Waals surface area contributed by atoms with Gasteiger partial charge in [0, 0.05) is 36.5 Å². The fraction of sp³-hybridized carbons (Fsp3) is 0.472. The number of methoxy groups -OCH3 is 2. The second kappa shape index (κ2) is 18.4. The number of carbonyl (C=O) groups excluding carboxylic acids is 1. The van der Waals surface area contributed by atoms with Crippen molar-refractivity contribution in [2.45, 2.75) is 62.2 Å². The molecular formula is C36H47NO5S2. The number of aliphatic hydroxyl groups excluding tert-OH is 1. The summed E-state index contributed by atoms with van der Waals surface area (Å²) in [5, 5.41) is 14.2. The standard InChI is InChI=1S/C36H47NO5S2/c1-40-32-19-15-30(16-20-32)36(29-11-4-3-5-12-29,31-17-21-33(41-2)22-18-31)42-27-28(26-38)10-8-9-24-37-35(39)14-7-6-13-34-23-25-43-44-34/h3-5,11-12,15-22,28,34,38H,6-10,13-14,23-27H2,1-2H3,(H,37,39). The first-order chi connectivity index (χ1) is 21.6. The highest BCUT2D eigenvalue weighted by Crippen LogP contribution is 2.42. The van der Waals surface area contributed by atoms with Crippen molar-refractivity contribution in [3.63, 3.8) is 0 Å². The lowest BCUT2D eigenvalue weighted by atomic mass is 9.79. The van der Waals surface area contributed by atoms with E-state index in [2.05, 4.69) is 17.4 Å². The van der Waals surface area contributed by atoms with Crippen molar-refractivity contribution in [2.75, 3.05) is 39.7 Å². The molecule has 0 spiro atoms. The molecule has 0 bridgehead atoms. The zero-order valence-electron chi connectivity index (χ0n) is 26.0. The summed E-state index contributed by atoms with van der Waals surface area (Å²) in [5.74, 6) is 2.91. The third kappa shape index (κ3) is 9.67. The number of ether oxygens (including phenoxy) is 3. The number of amides is 1. The minimum atomic E-state index is -0.906. The van der Waals surface area contributed by atoms with E-state index in [9.17, 15) is 9.90 Å². The van der Waals surface area contributed by atoms with Crippen LogP contribution < -0.4 is 14.8 Å². The predicted molar refractivity (Wildman–Crippen MR) is 183 cm³/mol. The summed E-state index contributed by atoms with van der Waals surface area (Å²) in [6.07, 6.45) is 7.79. The van der Waals surface area contributed by atoms with Crippen molar-refractivity contribution in [2.24, 2.45) is 5.92 Å². The number of benzene rings is 3. The van der Waals surface area contributed by atoms with Crippen LogP contribution in [0.5, 0.6) is 11.5 Å². The van der Waals surface area contributed by atoms with E-state index < -0.39 is 5.60 Å². The summed E-state index contributed by atoms with van der Waals surface area (Å²) in [6, 6.07) is 26.2. The number of unbranched alkanes of at least 4 members (excludes halogenated alkanes) is 2. The first kappa shape index (κ1) is 34.2. The predicted octanol–water partition coefficient (Wildman–Crippen LogP) is 7.62. The first-order valence-electron chi connectivity index (χ1n) is 15.7. The zero-order chi connectivity index (χ0) is 31.0. The second-order valence-corrected chi connectivity index (χ2v) is 14.1. The summed E-state index contributed by atoms with van der Waals surface area (Å²) in [6.45, 7) is 1.06. The van der Waals surface area contributed by atoms with Gasteiger partial charge in [0.1, 0.15) is 17.1 Å². The number of carbonyl (C=O) groups is 1. The smallest absolute Gasteiger partial charge is 0.219 e. The van der Waals surface area contributed by atoms with Gasteiger partial charge in [0.15, 0.2) is 0 Å². The summed E-state index contributed by atoms with van der Waals surface area (Å²) in [7, 11) is 7.30. The van der Waals surface area contributed by atoms with Gasteiger partial charge in [0.25, 0.3) is 0 Å². The molecule has 3 aromatic carbocycles. The van der Waals surface area contributed by atoms with Gasteiger partial charge in [-0.25, -0.2) is 0 Å². The number of rotatable bonds is 19. The van der Waals surface area contributed by atoms with E-state index in [1.807, 2.05) is 88.3 Å². The normalized spacial score (nSPS) is 15.6. The van der Waals surface area contributed by atoms with Gasteiger partial charge < -0.3 is 24.6 Å². The SMILES string of the molecule is COc1ccc(C(OCC(CO)CCCCNC(=O)CCCCC2CCSS2)(c2ccccc2)c2ccc(OC)cc2)cc1. The molecule has 0 aromatic heterocycles. The molecule has 238 valence electrons. The van der Waals surface area contributed by atoms with Crippen LogP contribution in [0, 0.1) is 5.92 Å². The molecule has 1 fully saturated rings. The fourth-order valence-electron chi connectivity index (χ4n) is 5.64. The Bertz CT molecular complexity index is 1190. The first-order valence-corrected chi connectivity index (χ1v) is 18.1. The van der Waals surface area contributed by atoms with Gasteiger partial charge in [0.2, 0.25) is 5.91 Å². The molecule has 4 rings (SSSR count). The van der Waals surface area contributed by atoms with Crippen molar-refractivity contribution in [3.8, 4) is 11.5 Å². The lowest BCUT2D eigenvalue weighted by Crippen LogP contribution is -2.35. The van der Waals surface area contributed by atoms with E-state index in [4.69, 9.17) is 14.2 Å². The summed E-state index contributed by atoms with van der Waals surface area (Å²) >= 11 is 0. The zero-order valence-corrected chi connectivity index (χ0v) is 27.7. The van der Waals surface area contributed by atoms with Gasteiger partial charge in [-0.05, 0) is 73.1 Å². The molecule has 44 heavy (non-hydrogen) atoms. The molecule has 1 aliphatic heterocycles. The highest BCUT2D eigenvalue weighted by Gasteiger charge is 2.38. The minimum absolute atomic E-state index is 0.0280. The Labute approximate surface area is 271 Å². The topological polar surface area (TPSA) is 77.0 Å². The van der Waals surface area contributed by atoms with Gasteiger partial charge in [-0.15, -0.1) is 0 Å². The Hall–Kier alpha value is -2.65. The van der Waals surface area contributed by atoms with E-state index in [0.717, 1.165) is 65.5 Å². The summed E-state index contributed by atoms with van der Waals surface area (Å²) < 4.78 is 17.8. The Balaban J connectivity index is 1.37. The van der Waals surface area contributed by atoms with Crippen molar-refractivity contribution in [1.29, 1.82) is 0 Å². The van der Waals surface area contributed by atoms with Crippen molar-refractivity contribution in [3.05, 3.63) is 95.6 Å². The number of nitrogens with one attached hydrogen (secondary N) is 1. The monoisotopic (exact) mass is 637 g/mol. The Kier molecular flexibility index (Phi) is 14.3. The third-order valence-corrected chi connectivity index (χ3v) is 11.2. The highest BCUT2D eigenvalue weighted by molar-refractivity contribution is 8.77. The van der Waals surface area contributed by atoms with Crippen LogP contribution >= 0.6 is 21.6 Å². The summed E-state index contributed by atoms with van der Waals surface area (Å²) in [4.78, 5) is 12.3. The maximum absolute atomic E-state index is 12.3. The number of aliphatic hydroxyl groups is 1. The largest absolute Gasteiger partial charge is 0.497 e. The van der Waals surface area contributed by atoms with Gasteiger partial charge in [-0.3, -0.25) is 4.79 Å². The molecule has 2 atom stereocenters. The van der Waals surface area contributed by atoms with Crippen molar-refractivity contribution < 1.29 is 24.1 Å². The number of hydrogen-bond acceptors (Lipinski definition) is 7. The Morgan fingerprint density at radius 2 is 1.52 bits per heavy atom. The van der Waals surface area contributed by atoms with E-state index in [1.54, 1.807) is 14.2 Å². The molecule has 2 N–H and O–H groups in total. The third-order valence-electron chi connectivity index (χ3n) is 8.24. The van der Waals surface area contributed by atoms with Crippen LogP contribution in [0.4, 0.5) is 0 Å². The Morgan fingerprint density at radius 1 is 0.886 bits per heavy atom. The molecule has 0 radical (unpaired) electrons. The van der Waals surface area contributed by atoms with Crippen LogP contribution in [0.1, 0.15) is 68.1 Å². The van der Waals surface area contributed by atoms with Crippen LogP contribution in [-0.4, -0.2) is 56.0 Å². The minimum Gasteiger partial charge on any atom is -0.497 e. The van der Waals surface area contributed by atoms with Crippen LogP contribution in [-0.2, 0) is 15.1 Å². The van der Waals surface area contributed by atoms with E-state index in [0.29, 0.717) is 19.6 Å². The van der Waals surface area contributed by atoms with Crippen LogP contribution in [0.25, 0.3) is 0 Å². The molecule has 3 aromatic rings. The van der Waals surface area contributed by atoms with Crippen LogP contribution in [0.15, 0.2) is 78.9 Å². The second-order valence-electron chi connectivity index (χ2n) is 11.3. The lowest BCUT2D eigenvalue weighted by molar-refractivity contribution is -0.121. The van der Waals surface area contributed by atoms with E-state index in [1.165, 1.54) is 18.6 Å². The molecule has 2 unspecified atom stereocenters. The Morgan fingerprint density at radius 3 is 2.09 bits per heavy atom. The molecular weight excluding hydrogens is 591 g/mol. The molecule has 1 saturated heterocycles. The maximum atomic E-state index is 12.3. The lowest BCUT2D eigenvalue weighted by Gasteiger charge is -2.37. The average Bonchev–Trinajstić information content (AvgIpc) is 3.60. The molecule has 1 heterocycles. The highest BCUT2D eigenvalue weighted by atomic mass is 33.1. The van der Waals surface area contributed by atoms with Crippen molar-refractivity contribution >= 4 is 27.5 Å². The van der Waals surface area contributed by atoms with Gasteiger partial charge in [-0.1, -0.05) is 89.0 Å². The van der Waals surface area contributed by atoms with E-state index >= 15 is 0 Å². The molecule has 6 nitrogen and oxygen atoms in total. The van der Waals surface area contributed by atoms with Crippen LogP contribution in [0.3, 0.4) is 0 Å². The molecule has 1 amide bonds. The summed E-state index contributed by atoms with van der Waals surface area (Å²) in [5.41, 5.74) is 2.02. The fourth-order valence-corrected chi connectivity index (χ4v) is 8.67. The van der Waals surface area contributed by atoms with Crippen molar-refractivity contribution in [1.82, 2.24) is 5.32 Å². The van der Waals surface area contributed by atoms with Gasteiger partial charge >= 0.3 is 0 Å². The molecule has 0 saturated carbocycles. The number of hydrogen-bond donors (Lipinski definition) is 2.